The predicted molar refractivity (Wildman–Crippen MR) is 141 cm³/mol. The fourth-order valence-electron chi connectivity index (χ4n) is 6.13. The highest BCUT2D eigenvalue weighted by Gasteiger charge is 2.40. The van der Waals surface area contributed by atoms with E-state index in [9.17, 15) is 14.5 Å². The van der Waals surface area contributed by atoms with Crippen molar-refractivity contribution in [3.05, 3.63) is 45.4 Å². The third-order valence-corrected chi connectivity index (χ3v) is 8.54. The topological polar surface area (TPSA) is 73.8 Å². The first-order valence-corrected chi connectivity index (χ1v) is 13.4. The van der Waals surface area contributed by atoms with Gasteiger partial charge >= 0.3 is 11.6 Å². The number of aromatic nitrogens is 2. The van der Waals surface area contributed by atoms with E-state index in [-0.39, 0.29) is 12.2 Å². The van der Waals surface area contributed by atoms with E-state index >= 15 is 0 Å². The van der Waals surface area contributed by atoms with Gasteiger partial charge in [0.25, 0.3) is 0 Å². The van der Waals surface area contributed by atoms with Crippen LogP contribution in [-0.4, -0.2) is 82.0 Å². The molecule has 5 rings (SSSR count). The maximum atomic E-state index is 13.1. The number of aryl methyl sites for hydroxylation is 1. The van der Waals surface area contributed by atoms with Gasteiger partial charge in [0.15, 0.2) is 6.04 Å². The lowest BCUT2D eigenvalue weighted by atomic mass is 9.95. The van der Waals surface area contributed by atoms with Crippen molar-refractivity contribution in [2.75, 3.05) is 57.3 Å². The van der Waals surface area contributed by atoms with Gasteiger partial charge < -0.3 is 9.80 Å². The van der Waals surface area contributed by atoms with Crippen molar-refractivity contribution in [3.63, 3.8) is 0 Å². The smallest absolute Gasteiger partial charge is 0.375 e. The van der Waals surface area contributed by atoms with Crippen LogP contribution in [0.15, 0.2) is 34.8 Å². The lowest BCUT2D eigenvalue weighted by Gasteiger charge is -2.40. The fraction of sp³-hybridized carbons (Fsp3) is 0.630. The minimum Gasteiger partial charge on any atom is -0.375 e. The maximum Gasteiger partial charge on any atom is 0.455 e. The number of carbonyl (C=O) groups is 1. The van der Waals surface area contributed by atoms with Crippen molar-refractivity contribution in [1.82, 2.24) is 18.9 Å². The van der Waals surface area contributed by atoms with Crippen molar-refractivity contribution in [1.29, 1.82) is 0 Å². The molecule has 4 heterocycles. The second-order valence-electron chi connectivity index (χ2n) is 10.6. The number of hydrogen-bond donors (Lipinski definition) is 0. The fourth-order valence-corrected chi connectivity index (χ4v) is 6.13. The lowest BCUT2D eigenvalue weighted by Crippen LogP contribution is -2.48. The van der Waals surface area contributed by atoms with E-state index in [0.29, 0.717) is 17.6 Å². The standard InChI is InChI=1S/C27H39N6O3/c1-4-20(2)30-12-9-21(10-13-30)19-29-14-16-31(17-15-29)22-7-8-23-25(18-22)33(27(35)28(23)3)24-6-5-11-32(36)26(24)34/h4,7-8,18,21,24H,5-6,9-17,19H2,1-3H3/q+1/b20-4+. The molecule has 3 fully saturated rings. The van der Waals surface area contributed by atoms with Gasteiger partial charge in [-0.1, -0.05) is 6.08 Å². The highest BCUT2D eigenvalue weighted by molar-refractivity contribution is 5.83. The summed E-state index contributed by atoms with van der Waals surface area (Å²) in [6, 6.07) is 5.35. The van der Waals surface area contributed by atoms with E-state index in [0.717, 1.165) is 61.9 Å². The SMILES string of the molecule is C/C=C(\C)N1CCC(CN2CCN(c3ccc4c(c3)n(C3CCC[N+](=O)C3=O)c(=O)n4C)CC2)CC1. The zero-order chi connectivity index (χ0) is 25.4. The number of imidazole rings is 1. The van der Waals surface area contributed by atoms with Crippen molar-refractivity contribution in [2.24, 2.45) is 13.0 Å². The Morgan fingerprint density at radius 2 is 1.75 bits per heavy atom. The van der Waals surface area contributed by atoms with Crippen LogP contribution in [0.25, 0.3) is 11.0 Å². The van der Waals surface area contributed by atoms with Crippen molar-refractivity contribution >= 4 is 22.6 Å². The van der Waals surface area contributed by atoms with Crippen LogP contribution in [0.4, 0.5) is 5.69 Å². The Bertz CT molecular complexity index is 1230. The third-order valence-electron chi connectivity index (χ3n) is 8.54. The molecule has 0 bridgehead atoms. The summed E-state index contributed by atoms with van der Waals surface area (Å²) < 4.78 is 3.63. The van der Waals surface area contributed by atoms with Gasteiger partial charge in [-0.2, -0.15) is 0 Å². The molecule has 1 unspecified atom stereocenters. The van der Waals surface area contributed by atoms with Gasteiger partial charge in [-0.3, -0.25) is 14.0 Å². The van der Waals surface area contributed by atoms with Crippen molar-refractivity contribution in [3.8, 4) is 0 Å². The molecule has 3 saturated heterocycles. The second-order valence-corrected chi connectivity index (χ2v) is 10.6. The predicted octanol–water partition coefficient (Wildman–Crippen LogP) is 2.74. The molecule has 9 heteroatoms. The second kappa shape index (κ2) is 10.2. The summed E-state index contributed by atoms with van der Waals surface area (Å²) in [7, 11) is 1.73. The molecule has 1 amide bonds. The largest absolute Gasteiger partial charge is 0.455 e. The Balaban J connectivity index is 1.26. The van der Waals surface area contributed by atoms with Gasteiger partial charge in [0.2, 0.25) is 6.54 Å². The van der Waals surface area contributed by atoms with Crippen LogP contribution >= 0.6 is 0 Å². The lowest BCUT2D eigenvalue weighted by molar-refractivity contribution is -0.480. The van der Waals surface area contributed by atoms with E-state index < -0.39 is 11.9 Å². The highest BCUT2D eigenvalue weighted by atomic mass is 16.3. The van der Waals surface area contributed by atoms with Crippen LogP contribution in [0, 0.1) is 10.8 Å². The van der Waals surface area contributed by atoms with Crippen molar-refractivity contribution in [2.45, 2.75) is 45.6 Å². The number of likely N-dealkylation sites (tertiary alicyclic amines) is 1. The van der Waals surface area contributed by atoms with Crippen LogP contribution in [0.5, 0.6) is 0 Å². The number of amides is 1. The molecule has 1 aromatic carbocycles. The van der Waals surface area contributed by atoms with Gasteiger partial charge in [0.05, 0.1) is 15.8 Å². The zero-order valence-corrected chi connectivity index (χ0v) is 21.9. The van der Waals surface area contributed by atoms with E-state index in [2.05, 4.69) is 40.7 Å². The van der Waals surface area contributed by atoms with E-state index in [1.54, 1.807) is 16.2 Å². The maximum absolute atomic E-state index is 13.1. The summed E-state index contributed by atoms with van der Waals surface area (Å²) in [6.45, 7) is 12.0. The summed E-state index contributed by atoms with van der Waals surface area (Å²) in [5, 5.41) is 0. The van der Waals surface area contributed by atoms with Gasteiger partial charge in [-0.15, -0.1) is 0 Å². The number of benzene rings is 1. The molecule has 3 aliphatic heterocycles. The molecule has 1 aromatic heterocycles. The number of hydrogen-bond acceptors (Lipinski definition) is 6. The normalized spacial score (nSPS) is 23.2. The Morgan fingerprint density at radius 3 is 2.44 bits per heavy atom. The molecule has 0 saturated carbocycles. The van der Waals surface area contributed by atoms with Crippen LogP contribution in [0.2, 0.25) is 0 Å². The monoisotopic (exact) mass is 495 g/mol. The average molecular weight is 496 g/mol. The number of piperazine rings is 1. The Kier molecular flexibility index (Phi) is 7.01. The summed E-state index contributed by atoms with van der Waals surface area (Å²) in [5.41, 5.74) is 3.74. The van der Waals surface area contributed by atoms with Crippen LogP contribution < -0.4 is 10.6 Å². The van der Waals surface area contributed by atoms with E-state index in [1.807, 2.05) is 12.1 Å². The van der Waals surface area contributed by atoms with Gasteiger partial charge in [0.1, 0.15) is 0 Å². The van der Waals surface area contributed by atoms with Gasteiger partial charge in [0, 0.05) is 75.6 Å². The Labute approximate surface area is 212 Å². The molecule has 1 atom stereocenters. The first-order valence-electron chi connectivity index (χ1n) is 13.4. The van der Waals surface area contributed by atoms with Gasteiger partial charge in [-0.25, -0.2) is 9.59 Å². The first kappa shape index (κ1) is 24.7. The van der Waals surface area contributed by atoms with Crippen molar-refractivity contribution < 1.29 is 9.55 Å². The summed E-state index contributed by atoms with van der Waals surface area (Å²) in [4.78, 5) is 45.1. The molecule has 3 aliphatic rings. The number of fused-ring (bicyclic) bond motifs is 1. The average Bonchev–Trinajstić information content (AvgIpc) is 3.15. The number of nitroso groups, excluding NO2 is 1. The molecule has 0 aliphatic carbocycles. The number of nitrogens with zero attached hydrogens (tertiary/aromatic N) is 6. The Morgan fingerprint density at radius 1 is 1.03 bits per heavy atom. The third kappa shape index (κ3) is 4.61. The minimum absolute atomic E-state index is 0.207. The van der Waals surface area contributed by atoms with Crippen LogP contribution in [0.3, 0.4) is 0 Å². The first-order chi connectivity index (χ1) is 17.4. The van der Waals surface area contributed by atoms with Gasteiger partial charge in [-0.05, 0) is 57.2 Å². The molecule has 0 N–H and O–H groups in total. The minimum atomic E-state index is -0.720. The number of carbonyl (C=O) groups excluding carboxylic acids is 1. The van der Waals surface area contributed by atoms with Crippen LogP contribution in [0.1, 0.15) is 45.6 Å². The molecule has 0 spiro atoms. The molecule has 0 radical (unpaired) electrons. The quantitative estimate of drug-likeness (QED) is 0.594. The molecule has 2 aromatic rings. The van der Waals surface area contributed by atoms with E-state index in [1.165, 1.54) is 25.1 Å². The molecule has 9 nitrogen and oxygen atoms in total. The molecule has 194 valence electrons. The summed E-state index contributed by atoms with van der Waals surface area (Å²) in [6.07, 6.45) is 5.85. The number of allylic oxidation sites excluding steroid dienone is 2. The number of anilines is 1. The summed E-state index contributed by atoms with van der Waals surface area (Å²) in [5.74, 6) is 0.253. The molecular formula is C27H39N6O3+. The zero-order valence-electron chi connectivity index (χ0n) is 21.9. The molecular weight excluding hydrogens is 456 g/mol. The number of rotatable bonds is 5. The molecule has 36 heavy (non-hydrogen) atoms. The summed E-state index contributed by atoms with van der Waals surface area (Å²) >= 11 is 0. The highest BCUT2D eigenvalue weighted by Crippen LogP contribution is 2.28. The Hall–Kier alpha value is -2.94. The van der Waals surface area contributed by atoms with Crippen LogP contribution in [-0.2, 0) is 11.8 Å². The van der Waals surface area contributed by atoms with E-state index in [4.69, 9.17) is 0 Å². The number of piperidine rings is 2.